The maximum atomic E-state index is 13.8. The molecule has 0 radical (unpaired) electrons. The number of benzene rings is 1. The van der Waals surface area contributed by atoms with Crippen LogP contribution in [0.3, 0.4) is 0 Å². The summed E-state index contributed by atoms with van der Waals surface area (Å²) >= 11 is 0. The molecule has 0 aliphatic rings. The third-order valence-electron chi connectivity index (χ3n) is 2.38. The number of halogens is 1. The number of methoxy groups -OCH3 is 1. The second kappa shape index (κ2) is 3.84. The third-order valence-corrected chi connectivity index (χ3v) is 2.38. The van der Waals surface area contributed by atoms with E-state index in [0.717, 1.165) is 0 Å². The summed E-state index contributed by atoms with van der Waals surface area (Å²) in [6.45, 7) is 1.67. The lowest BCUT2D eigenvalue weighted by Gasteiger charge is -2.09. The van der Waals surface area contributed by atoms with Crippen molar-refractivity contribution < 1.29 is 13.7 Å². The number of hydrogen-bond donors (Lipinski definition) is 1. The first-order chi connectivity index (χ1) is 7.65. The maximum Gasteiger partial charge on any atom is 0.230 e. The molecule has 1 aromatic heterocycles. The lowest BCUT2D eigenvalue weighted by atomic mass is 10.0. The van der Waals surface area contributed by atoms with Crippen molar-refractivity contribution in [1.82, 2.24) is 5.16 Å². The van der Waals surface area contributed by atoms with Crippen molar-refractivity contribution in [1.29, 1.82) is 0 Å². The smallest absolute Gasteiger partial charge is 0.230 e. The van der Waals surface area contributed by atoms with Crippen molar-refractivity contribution in [2.45, 2.75) is 6.92 Å². The van der Waals surface area contributed by atoms with Crippen LogP contribution in [0.2, 0.25) is 0 Å². The Hall–Kier alpha value is -2.04. The fraction of sp³-hybridized carbons (Fsp3) is 0.182. The maximum absolute atomic E-state index is 13.8. The predicted molar refractivity (Wildman–Crippen MR) is 57.6 cm³/mol. The SMILES string of the molecule is COc1c(-c2cnoc2N)ccc(C)c1F. The zero-order valence-corrected chi connectivity index (χ0v) is 8.95. The Bertz CT molecular complexity index is 523. The number of hydrogen-bond acceptors (Lipinski definition) is 4. The molecule has 0 amide bonds. The number of aryl methyl sites for hydroxylation is 1. The fourth-order valence-electron chi connectivity index (χ4n) is 1.52. The predicted octanol–water partition coefficient (Wildman–Crippen LogP) is 2.38. The number of rotatable bonds is 2. The highest BCUT2D eigenvalue weighted by molar-refractivity contribution is 5.77. The van der Waals surface area contributed by atoms with Gasteiger partial charge in [-0.15, -0.1) is 0 Å². The van der Waals surface area contributed by atoms with Gasteiger partial charge in [0, 0.05) is 5.56 Å². The van der Waals surface area contributed by atoms with Gasteiger partial charge < -0.3 is 15.0 Å². The van der Waals surface area contributed by atoms with Crippen LogP contribution in [0, 0.1) is 12.7 Å². The van der Waals surface area contributed by atoms with Gasteiger partial charge in [0.15, 0.2) is 11.6 Å². The van der Waals surface area contributed by atoms with Crippen LogP contribution in [0.4, 0.5) is 10.3 Å². The fourth-order valence-corrected chi connectivity index (χ4v) is 1.52. The molecule has 0 spiro atoms. The van der Waals surface area contributed by atoms with Gasteiger partial charge in [-0.2, -0.15) is 0 Å². The lowest BCUT2D eigenvalue weighted by Crippen LogP contribution is -1.95. The molecule has 1 aromatic carbocycles. The number of nitrogens with zero attached hydrogens (tertiary/aromatic N) is 1. The Labute approximate surface area is 91.8 Å². The van der Waals surface area contributed by atoms with Crippen molar-refractivity contribution >= 4 is 5.88 Å². The van der Waals surface area contributed by atoms with Gasteiger partial charge in [0.2, 0.25) is 5.88 Å². The summed E-state index contributed by atoms with van der Waals surface area (Å²) < 4.78 is 23.5. The molecular weight excluding hydrogens is 211 g/mol. The average molecular weight is 222 g/mol. The van der Waals surface area contributed by atoms with Crippen LogP contribution >= 0.6 is 0 Å². The normalized spacial score (nSPS) is 10.4. The summed E-state index contributed by atoms with van der Waals surface area (Å²) in [5.41, 5.74) is 7.14. The molecule has 0 aliphatic carbocycles. The van der Waals surface area contributed by atoms with Gasteiger partial charge >= 0.3 is 0 Å². The molecule has 1 heterocycles. The molecule has 2 aromatic rings. The highest BCUT2D eigenvalue weighted by atomic mass is 19.1. The molecular formula is C11H11FN2O2. The van der Waals surface area contributed by atoms with Crippen molar-refractivity contribution in [3.8, 4) is 16.9 Å². The summed E-state index contributed by atoms with van der Waals surface area (Å²) in [5, 5.41) is 3.55. The molecule has 0 saturated carbocycles. The van der Waals surface area contributed by atoms with E-state index in [4.69, 9.17) is 15.0 Å². The molecule has 4 nitrogen and oxygen atoms in total. The zero-order chi connectivity index (χ0) is 11.7. The number of anilines is 1. The van der Waals surface area contributed by atoms with Crippen LogP contribution in [0.25, 0.3) is 11.1 Å². The second-order valence-electron chi connectivity index (χ2n) is 3.38. The van der Waals surface area contributed by atoms with E-state index < -0.39 is 5.82 Å². The topological polar surface area (TPSA) is 61.3 Å². The Morgan fingerprint density at radius 3 is 2.69 bits per heavy atom. The number of ether oxygens (including phenoxy) is 1. The van der Waals surface area contributed by atoms with Crippen LogP contribution < -0.4 is 10.5 Å². The first-order valence-electron chi connectivity index (χ1n) is 4.68. The minimum atomic E-state index is -0.402. The zero-order valence-electron chi connectivity index (χ0n) is 8.95. The minimum Gasteiger partial charge on any atom is -0.493 e. The molecule has 0 saturated heterocycles. The molecule has 0 bridgehead atoms. The molecule has 84 valence electrons. The monoisotopic (exact) mass is 222 g/mol. The molecule has 0 fully saturated rings. The van der Waals surface area contributed by atoms with Crippen LogP contribution in [0.1, 0.15) is 5.56 Å². The first kappa shape index (κ1) is 10.5. The van der Waals surface area contributed by atoms with Crippen LogP contribution in [0.5, 0.6) is 5.75 Å². The highest BCUT2D eigenvalue weighted by Gasteiger charge is 2.17. The van der Waals surface area contributed by atoms with E-state index in [1.54, 1.807) is 19.1 Å². The van der Waals surface area contributed by atoms with Crippen molar-refractivity contribution in [2.24, 2.45) is 0 Å². The van der Waals surface area contributed by atoms with E-state index in [1.807, 2.05) is 0 Å². The van der Waals surface area contributed by atoms with E-state index in [-0.39, 0.29) is 11.6 Å². The van der Waals surface area contributed by atoms with Gasteiger partial charge in [-0.05, 0) is 18.6 Å². The van der Waals surface area contributed by atoms with Crippen molar-refractivity contribution in [3.63, 3.8) is 0 Å². The average Bonchev–Trinajstić information content (AvgIpc) is 2.68. The van der Waals surface area contributed by atoms with E-state index in [0.29, 0.717) is 16.7 Å². The molecule has 0 aliphatic heterocycles. The Morgan fingerprint density at radius 1 is 1.38 bits per heavy atom. The van der Waals surface area contributed by atoms with Crippen molar-refractivity contribution in [2.75, 3.05) is 12.8 Å². The lowest BCUT2D eigenvalue weighted by molar-refractivity contribution is 0.387. The molecule has 16 heavy (non-hydrogen) atoms. The van der Waals surface area contributed by atoms with E-state index >= 15 is 0 Å². The number of nitrogen functional groups attached to an aromatic ring is 1. The highest BCUT2D eigenvalue weighted by Crippen LogP contribution is 2.36. The molecule has 0 unspecified atom stereocenters. The Balaban J connectivity index is 2.66. The van der Waals surface area contributed by atoms with Gasteiger partial charge in [-0.25, -0.2) is 4.39 Å². The van der Waals surface area contributed by atoms with Gasteiger partial charge in [0.05, 0.1) is 18.9 Å². The van der Waals surface area contributed by atoms with E-state index in [1.165, 1.54) is 13.3 Å². The Morgan fingerprint density at radius 2 is 2.12 bits per heavy atom. The third kappa shape index (κ3) is 1.50. The van der Waals surface area contributed by atoms with Gasteiger partial charge in [0.1, 0.15) is 0 Å². The second-order valence-corrected chi connectivity index (χ2v) is 3.38. The summed E-state index contributed by atoms with van der Waals surface area (Å²) in [7, 11) is 1.41. The van der Waals surface area contributed by atoms with Gasteiger partial charge in [0.25, 0.3) is 0 Å². The number of nitrogens with two attached hydrogens (primary N) is 1. The number of aromatic nitrogens is 1. The van der Waals surface area contributed by atoms with Crippen LogP contribution in [-0.4, -0.2) is 12.3 Å². The quantitative estimate of drug-likeness (QED) is 0.847. The summed E-state index contributed by atoms with van der Waals surface area (Å²) in [6.07, 6.45) is 1.43. The molecule has 2 rings (SSSR count). The van der Waals surface area contributed by atoms with Crippen molar-refractivity contribution in [3.05, 3.63) is 29.7 Å². The van der Waals surface area contributed by atoms with Crippen LogP contribution in [-0.2, 0) is 0 Å². The van der Waals surface area contributed by atoms with Gasteiger partial charge in [-0.1, -0.05) is 11.2 Å². The summed E-state index contributed by atoms with van der Waals surface area (Å²) in [4.78, 5) is 0. The molecule has 0 atom stereocenters. The first-order valence-corrected chi connectivity index (χ1v) is 4.68. The molecule has 2 N–H and O–H groups in total. The summed E-state index contributed by atoms with van der Waals surface area (Å²) in [6, 6.07) is 3.37. The van der Waals surface area contributed by atoms with E-state index in [9.17, 15) is 4.39 Å². The standard InChI is InChI=1S/C11H11FN2O2/c1-6-3-4-7(10(15-2)9(6)12)8-5-14-16-11(8)13/h3-5H,13H2,1-2H3. The minimum absolute atomic E-state index is 0.140. The van der Waals surface area contributed by atoms with E-state index in [2.05, 4.69) is 5.16 Å². The van der Waals surface area contributed by atoms with Gasteiger partial charge in [-0.3, -0.25) is 0 Å². The molecule has 5 heteroatoms. The Kier molecular flexibility index (Phi) is 2.52. The largest absolute Gasteiger partial charge is 0.493 e. The van der Waals surface area contributed by atoms with Crippen LogP contribution in [0.15, 0.2) is 22.9 Å². The summed E-state index contributed by atoms with van der Waals surface area (Å²) in [5.74, 6) is -0.114.